The van der Waals surface area contributed by atoms with Crippen LogP contribution in [0.5, 0.6) is 0 Å². The van der Waals surface area contributed by atoms with E-state index in [-0.39, 0.29) is 24.7 Å². The van der Waals surface area contributed by atoms with Gasteiger partial charge in [0.2, 0.25) is 5.91 Å². The van der Waals surface area contributed by atoms with Gasteiger partial charge in [-0.15, -0.1) is 0 Å². The summed E-state index contributed by atoms with van der Waals surface area (Å²) in [6.07, 6.45) is 1.51. The zero-order valence-corrected chi connectivity index (χ0v) is 10.7. The topological polar surface area (TPSA) is 83.9 Å². The van der Waals surface area contributed by atoms with Crippen LogP contribution in [0.3, 0.4) is 0 Å². The number of ether oxygens (including phenoxy) is 1. The third-order valence-electron chi connectivity index (χ3n) is 3.09. The zero-order chi connectivity index (χ0) is 13.7. The molecule has 102 valence electrons. The van der Waals surface area contributed by atoms with Crippen molar-refractivity contribution < 1.29 is 24.2 Å². The molecule has 1 saturated heterocycles. The van der Waals surface area contributed by atoms with Crippen molar-refractivity contribution in [1.82, 2.24) is 4.90 Å². The number of rotatable bonds is 5. The quantitative estimate of drug-likeness (QED) is 0.731. The highest BCUT2D eigenvalue weighted by Gasteiger charge is 2.35. The molecule has 18 heavy (non-hydrogen) atoms. The number of methoxy groups -OCH3 is 1. The Bertz CT molecular complexity index is 341. The molecule has 1 fully saturated rings. The fraction of sp³-hybridized carbons (Fsp3) is 0.750. The van der Waals surface area contributed by atoms with Crippen molar-refractivity contribution in [3.63, 3.8) is 0 Å². The van der Waals surface area contributed by atoms with E-state index in [1.807, 2.05) is 0 Å². The minimum absolute atomic E-state index is 0.0392. The van der Waals surface area contributed by atoms with Gasteiger partial charge in [-0.05, 0) is 18.8 Å². The molecule has 0 aromatic carbocycles. The number of aliphatic carboxylic acids is 1. The third kappa shape index (κ3) is 3.72. The molecule has 6 heteroatoms. The molecule has 2 unspecified atom stereocenters. The van der Waals surface area contributed by atoms with Gasteiger partial charge in [-0.2, -0.15) is 0 Å². The molecule has 0 spiro atoms. The Morgan fingerprint density at radius 3 is 2.61 bits per heavy atom. The first-order chi connectivity index (χ1) is 8.45. The largest absolute Gasteiger partial charge is 0.481 e. The minimum Gasteiger partial charge on any atom is -0.481 e. The normalized spacial score (nSPS) is 20.6. The molecule has 0 aromatic rings. The summed E-state index contributed by atoms with van der Waals surface area (Å²) < 4.78 is 4.66. The van der Waals surface area contributed by atoms with E-state index in [4.69, 9.17) is 5.11 Å². The third-order valence-corrected chi connectivity index (χ3v) is 3.09. The highest BCUT2D eigenvalue weighted by molar-refractivity contribution is 5.85. The molecule has 0 aromatic heterocycles. The number of carboxylic acid groups (broad SMARTS) is 1. The summed E-state index contributed by atoms with van der Waals surface area (Å²) in [5, 5.41) is 8.64. The molecule has 1 N–H and O–H groups in total. The first kappa shape index (κ1) is 14.5. The van der Waals surface area contributed by atoms with Crippen molar-refractivity contribution in [1.29, 1.82) is 0 Å². The predicted octanol–water partition coefficient (Wildman–Crippen LogP) is 0.651. The van der Waals surface area contributed by atoms with Crippen LogP contribution < -0.4 is 0 Å². The van der Waals surface area contributed by atoms with Crippen LogP contribution in [0, 0.1) is 5.92 Å². The number of carbonyl (C=O) groups is 3. The summed E-state index contributed by atoms with van der Waals surface area (Å²) in [6.45, 7) is 2.26. The monoisotopic (exact) mass is 257 g/mol. The van der Waals surface area contributed by atoms with E-state index < -0.39 is 18.0 Å². The van der Waals surface area contributed by atoms with Crippen LogP contribution in [0.4, 0.5) is 0 Å². The predicted molar refractivity (Wildman–Crippen MR) is 62.8 cm³/mol. The summed E-state index contributed by atoms with van der Waals surface area (Å²) >= 11 is 0. The first-order valence-corrected chi connectivity index (χ1v) is 6.04. The molecule has 1 aliphatic rings. The lowest BCUT2D eigenvalue weighted by molar-refractivity contribution is -0.151. The second kappa shape index (κ2) is 6.37. The molecular formula is C12H19NO5. The molecule has 0 aliphatic carbocycles. The smallest absolute Gasteiger partial charge is 0.328 e. The molecule has 1 heterocycles. The fourth-order valence-corrected chi connectivity index (χ4v) is 2.23. The van der Waals surface area contributed by atoms with E-state index in [1.165, 1.54) is 12.0 Å². The van der Waals surface area contributed by atoms with Crippen molar-refractivity contribution in [2.45, 2.75) is 38.6 Å². The summed E-state index contributed by atoms with van der Waals surface area (Å²) in [5.41, 5.74) is 0. The summed E-state index contributed by atoms with van der Waals surface area (Å²) in [5.74, 6) is -1.71. The second-order valence-corrected chi connectivity index (χ2v) is 4.68. The minimum atomic E-state index is -0.916. The molecule has 0 radical (unpaired) electrons. The molecule has 1 rings (SSSR count). The number of carboxylic acids is 1. The Balaban J connectivity index is 2.55. The molecular weight excluding hydrogens is 238 g/mol. The first-order valence-electron chi connectivity index (χ1n) is 6.04. The van der Waals surface area contributed by atoms with E-state index in [0.717, 1.165) is 6.42 Å². The molecule has 1 amide bonds. The number of nitrogens with zero attached hydrogens (tertiary/aromatic N) is 1. The van der Waals surface area contributed by atoms with Gasteiger partial charge in [0.05, 0.1) is 7.11 Å². The van der Waals surface area contributed by atoms with Crippen LogP contribution in [-0.4, -0.2) is 47.5 Å². The molecule has 6 nitrogen and oxygen atoms in total. The highest BCUT2D eigenvalue weighted by atomic mass is 16.5. The van der Waals surface area contributed by atoms with Gasteiger partial charge in [-0.25, -0.2) is 4.79 Å². The van der Waals surface area contributed by atoms with Crippen LogP contribution in [0.25, 0.3) is 0 Å². The summed E-state index contributed by atoms with van der Waals surface area (Å²) in [7, 11) is 1.30. The van der Waals surface area contributed by atoms with Crippen LogP contribution in [0.2, 0.25) is 0 Å². The number of hydrogen-bond donors (Lipinski definition) is 1. The van der Waals surface area contributed by atoms with E-state index in [0.29, 0.717) is 13.0 Å². The maximum absolute atomic E-state index is 12.0. The molecule has 0 saturated carbocycles. The number of likely N-dealkylation sites (tertiary alicyclic amines) is 1. The SMILES string of the molecule is COC(=O)C1CCCN1C(=O)CC(C)CC(=O)O. The van der Waals surface area contributed by atoms with Crippen molar-refractivity contribution in [3.05, 3.63) is 0 Å². The van der Waals surface area contributed by atoms with Crippen molar-refractivity contribution in [3.8, 4) is 0 Å². The number of hydrogen-bond acceptors (Lipinski definition) is 4. The molecule has 2 atom stereocenters. The van der Waals surface area contributed by atoms with Gasteiger partial charge < -0.3 is 14.7 Å². The van der Waals surface area contributed by atoms with E-state index >= 15 is 0 Å². The Labute approximate surface area is 106 Å². The Morgan fingerprint density at radius 1 is 1.39 bits per heavy atom. The number of esters is 1. The van der Waals surface area contributed by atoms with Gasteiger partial charge in [0.1, 0.15) is 6.04 Å². The van der Waals surface area contributed by atoms with Crippen molar-refractivity contribution in [2.24, 2.45) is 5.92 Å². The van der Waals surface area contributed by atoms with Crippen LogP contribution in [0.15, 0.2) is 0 Å². The zero-order valence-electron chi connectivity index (χ0n) is 10.7. The van der Waals surface area contributed by atoms with Crippen LogP contribution >= 0.6 is 0 Å². The molecule has 1 aliphatic heterocycles. The highest BCUT2D eigenvalue weighted by Crippen LogP contribution is 2.21. The Hall–Kier alpha value is -1.59. The Morgan fingerprint density at radius 2 is 2.06 bits per heavy atom. The maximum Gasteiger partial charge on any atom is 0.328 e. The van der Waals surface area contributed by atoms with Gasteiger partial charge in [0, 0.05) is 19.4 Å². The lowest BCUT2D eigenvalue weighted by Crippen LogP contribution is -2.41. The maximum atomic E-state index is 12.0. The van der Waals surface area contributed by atoms with Gasteiger partial charge in [-0.3, -0.25) is 9.59 Å². The number of carbonyl (C=O) groups excluding carboxylic acids is 2. The van der Waals surface area contributed by atoms with Crippen molar-refractivity contribution >= 4 is 17.8 Å². The van der Waals surface area contributed by atoms with Crippen molar-refractivity contribution in [2.75, 3.05) is 13.7 Å². The number of amides is 1. The van der Waals surface area contributed by atoms with Gasteiger partial charge in [0.15, 0.2) is 0 Å². The van der Waals surface area contributed by atoms with E-state index in [1.54, 1.807) is 6.92 Å². The lowest BCUT2D eigenvalue weighted by atomic mass is 10.0. The van der Waals surface area contributed by atoms with Crippen LogP contribution in [-0.2, 0) is 19.1 Å². The van der Waals surface area contributed by atoms with Gasteiger partial charge in [-0.1, -0.05) is 6.92 Å². The van der Waals surface area contributed by atoms with E-state index in [9.17, 15) is 14.4 Å². The average molecular weight is 257 g/mol. The average Bonchev–Trinajstić information content (AvgIpc) is 2.75. The standard InChI is InChI=1S/C12H19NO5/c1-8(7-11(15)16)6-10(14)13-5-3-4-9(13)12(17)18-2/h8-9H,3-7H2,1-2H3,(H,15,16). The summed E-state index contributed by atoms with van der Waals surface area (Å²) in [4.78, 5) is 35.5. The van der Waals surface area contributed by atoms with Gasteiger partial charge >= 0.3 is 11.9 Å². The lowest BCUT2D eigenvalue weighted by Gasteiger charge is -2.23. The Kier molecular flexibility index (Phi) is 5.12. The summed E-state index contributed by atoms with van der Waals surface area (Å²) in [6, 6.07) is -0.500. The van der Waals surface area contributed by atoms with Gasteiger partial charge in [0.25, 0.3) is 0 Å². The molecule has 0 bridgehead atoms. The van der Waals surface area contributed by atoms with Crippen LogP contribution in [0.1, 0.15) is 32.6 Å². The van der Waals surface area contributed by atoms with E-state index in [2.05, 4.69) is 4.74 Å². The fourth-order valence-electron chi connectivity index (χ4n) is 2.23. The second-order valence-electron chi connectivity index (χ2n) is 4.68.